The number of rotatable bonds is 53. The monoisotopic (exact) mass is 987 g/mol. The zero-order valence-corrected chi connectivity index (χ0v) is 46.5. The van der Waals surface area contributed by atoms with Gasteiger partial charge in [-0.25, -0.2) is 0 Å². The maximum Gasteiger partial charge on any atom is 0.306 e. The van der Waals surface area contributed by atoms with Gasteiger partial charge in [0.25, 0.3) is 0 Å². The lowest BCUT2D eigenvalue weighted by atomic mass is 10.1. The minimum Gasteiger partial charge on any atom is -0.462 e. The predicted octanol–water partition coefficient (Wildman–Crippen LogP) is 20.1. The van der Waals surface area contributed by atoms with Crippen molar-refractivity contribution >= 4 is 17.9 Å². The summed E-state index contributed by atoms with van der Waals surface area (Å²) in [6.07, 6.45) is 78.3. The van der Waals surface area contributed by atoms with Crippen molar-refractivity contribution in [3.8, 4) is 0 Å². The maximum atomic E-state index is 12.9. The number of hydrogen-bond donors (Lipinski definition) is 0. The van der Waals surface area contributed by atoms with Crippen molar-refractivity contribution in [2.24, 2.45) is 0 Å². The fraction of sp³-hybridized carbons (Fsp3) is 0.708. The maximum absolute atomic E-state index is 12.9. The minimum atomic E-state index is -0.790. The van der Waals surface area contributed by atoms with Gasteiger partial charge in [-0.2, -0.15) is 0 Å². The molecule has 1 unspecified atom stereocenters. The molecule has 0 aliphatic rings. The van der Waals surface area contributed by atoms with Crippen molar-refractivity contribution in [1.29, 1.82) is 0 Å². The molecule has 0 aromatic heterocycles. The summed E-state index contributed by atoms with van der Waals surface area (Å²) in [7, 11) is 0. The Morgan fingerprint density at radius 3 is 0.859 bits per heavy atom. The molecule has 0 heterocycles. The van der Waals surface area contributed by atoms with E-state index in [1.54, 1.807) is 0 Å². The number of esters is 3. The largest absolute Gasteiger partial charge is 0.462 e. The van der Waals surface area contributed by atoms with E-state index >= 15 is 0 Å². The summed E-state index contributed by atoms with van der Waals surface area (Å²) in [6.45, 7) is 6.48. The Hall–Kier alpha value is -3.67. The average molecular weight is 988 g/mol. The van der Waals surface area contributed by atoms with Gasteiger partial charge in [-0.05, 0) is 103 Å². The summed E-state index contributed by atoms with van der Waals surface area (Å²) in [5.41, 5.74) is 0. The van der Waals surface area contributed by atoms with E-state index in [-0.39, 0.29) is 31.1 Å². The molecule has 0 bridgehead atoms. The molecular formula is C65H110O6. The average Bonchev–Trinajstić information content (AvgIpc) is 3.37. The number of carbonyl (C=O) groups excluding carboxylic acids is 3. The molecule has 0 radical (unpaired) electrons. The molecular weight excluding hydrogens is 877 g/mol. The van der Waals surface area contributed by atoms with Crippen LogP contribution in [-0.4, -0.2) is 37.2 Å². The van der Waals surface area contributed by atoms with E-state index in [9.17, 15) is 14.4 Å². The van der Waals surface area contributed by atoms with Gasteiger partial charge in [0, 0.05) is 19.3 Å². The van der Waals surface area contributed by atoms with E-state index in [0.717, 1.165) is 128 Å². The Labute approximate surface area is 438 Å². The molecule has 0 N–H and O–H groups in total. The van der Waals surface area contributed by atoms with E-state index in [0.29, 0.717) is 19.3 Å². The fourth-order valence-corrected chi connectivity index (χ4v) is 8.12. The van der Waals surface area contributed by atoms with Crippen LogP contribution in [0, 0.1) is 0 Å². The van der Waals surface area contributed by atoms with Gasteiger partial charge in [0.1, 0.15) is 13.2 Å². The molecule has 0 saturated heterocycles. The van der Waals surface area contributed by atoms with Gasteiger partial charge in [0.2, 0.25) is 0 Å². The van der Waals surface area contributed by atoms with Gasteiger partial charge >= 0.3 is 17.9 Å². The van der Waals surface area contributed by atoms with Crippen LogP contribution in [0.1, 0.15) is 278 Å². The van der Waals surface area contributed by atoms with Gasteiger partial charge in [-0.1, -0.05) is 253 Å². The molecule has 0 aliphatic carbocycles. The van der Waals surface area contributed by atoms with Crippen LogP contribution in [0.2, 0.25) is 0 Å². The van der Waals surface area contributed by atoms with E-state index in [4.69, 9.17) is 14.2 Å². The van der Waals surface area contributed by atoms with E-state index < -0.39 is 6.10 Å². The van der Waals surface area contributed by atoms with Crippen molar-refractivity contribution in [3.05, 3.63) is 97.2 Å². The van der Waals surface area contributed by atoms with Gasteiger partial charge in [0.15, 0.2) is 6.10 Å². The molecule has 0 saturated carbocycles. The van der Waals surface area contributed by atoms with Gasteiger partial charge < -0.3 is 14.2 Å². The van der Waals surface area contributed by atoms with Crippen LogP contribution in [0.5, 0.6) is 0 Å². The SMILES string of the molecule is CC/C=C\C/C=C\C/C=C\C/C=C\C/C=C\CCCCCCCC(=O)OC(COC(=O)CCCCCCCCCCC)COC(=O)CCCCCCCCCC/C=C\C/C=C\C/C=C\CCCCCCC. The Morgan fingerprint density at radius 1 is 0.296 bits per heavy atom. The van der Waals surface area contributed by atoms with Crippen molar-refractivity contribution in [3.63, 3.8) is 0 Å². The lowest BCUT2D eigenvalue weighted by molar-refractivity contribution is -0.167. The minimum absolute atomic E-state index is 0.0871. The van der Waals surface area contributed by atoms with Crippen molar-refractivity contribution in [2.75, 3.05) is 13.2 Å². The summed E-state index contributed by atoms with van der Waals surface area (Å²) in [4.78, 5) is 38.1. The topological polar surface area (TPSA) is 78.9 Å². The third-order valence-electron chi connectivity index (χ3n) is 12.6. The van der Waals surface area contributed by atoms with Crippen molar-refractivity contribution in [2.45, 2.75) is 284 Å². The van der Waals surface area contributed by atoms with E-state index in [1.807, 2.05) is 0 Å². The highest BCUT2D eigenvalue weighted by molar-refractivity contribution is 5.71. The molecule has 6 nitrogen and oxygen atoms in total. The first-order chi connectivity index (χ1) is 35.0. The molecule has 0 aliphatic heterocycles. The van der Waals surface area contributed by atoms with Crippen LogP contribution >= 0.6 is 0 Å². The Bertz CT molecular complexity index is 1410. The molecule has 0 rings (SSSR count). The third-order valence-corrected chi connectivity index (χ3v) is 12.6. The highest BCUT2D eigenvalue weighted by atomic mass is 16.6. The van der Waals surface area contributed by atoms with Crippen LogP contribution in [-0.2, 0) is 28.6 Å². The first-order valence-corrected chi connectivity index (χ1v) is 29.7. The Kier molecular flexibility index (Phi) is 55.9. The lowest BCUT2D eigenvalue weighted by Gasteiger charge is -2.18. The number of carbonyl (C=O) groups is 3. The van der Waals surface area contributed by atoms with E-state index in [1.165, 1.54) is 109 Å². The number of hydrogen-bond acceptors (Lipinski definition) is 6. The molecule has 406 valence electrons. The fourth-order valence-electron chi connectivity index (χ4n) is 8.12. The summed E-state index contributed by atoms with van der Waals surface area (Å²) >= 11 is 0. The summed E-state index contributed by atoms with van der Waals surface area (Å²) < 4.78 is 16.8. The van der Waals surface area contributed by atoms with Crippen LogP contribution in [0.15, 0.2) is 97.2 Å². The number of unbranched alkanes of at least 4 members (excludes halogenated alkanes) is 26. The van der Waals surface area contributed by atoms with Crippen LogP contribution in [0.25, 0.3) is 0 Å². The second-order valence-electron chi connectivity index (χ2n) is 19.5. The molecule has 1 atom stereocenters. The standard InChI is InChI=1S/C65H110O6/c1-4-7-10-13-16-19-21-23-25-27-29-31-32-34-35-37-39-41-43-46-49-52-55-58-64(67)70-61-62(60-69-63(66)57-54-51-48-45-18-15-12-9-6-3)71-65(68)59-56-53-50-47-44-42-40-38-36-33-30-28-26-24-22-20-17-14-11-8-5-2/h8,11,17,20-21,23-24,26-27,29-30,32-34,38,40,62H,4-7,9-10,12-16,18-19,22,25,28,31,35-37,39,41-61H2,1-3H3/b11-8-,20-17-,23-21-,26-24-,29-27-,33-30-,34-32-,40-38-. The highest BCUT2D eigenvalue weighted by Gasteiger charge is 2.19. The summed E-state index contributed by atoms with van der Waals surface area (Å²) in [5, 5.41) is 0. The number of allylic oxidation sites excluding steroid dienone is 16. The molecule has 0 spiro atoms. The first kappa shape index (κ1) is 67.3. The normalized spacial score (nSPS) is 12.8. The quantitative estimate of drug-likeness (QED) is 0.0261. The van der Waals surface area contributed by atoms with Crippen molar-refractivity contribution in [1.82, 2.24) is 0 Å². The molecule has 6 heteroatoms. The third kappa shape index (κ3) is 57.1. The Balaban J connectivity index is 4.32. The number of ether oxygens (including phenoxy) is 3. The van der Waals surface area contributed by atoms with Gasteiger partial charge in [-0.3, -0.25) is 14.4 Å². The molecule has 0 amide bonds. The zero-order valence-electron chi connectivity index (χ0n) is 46.5. The smallest absolute Gasteiger partial charge is 0.306 e. The molecule has 0 aromatic rings. The summed E-state index contributed by atoms with van der Waals surface area (Å²) in [6, 6.07) is 0. The van der Waals surface area contributed by atoms with Crippen molar-refractivity contribution < 1.29 is 28.6 Å². The second-order valence-corrected chi connectivity index (χ2v) is 19.5. The molecule has 71 heavy (non-hydrogen) atoms. The first-order valence-electron chi connectivity index (χ1n) is 29.7. The lowest BCUT2D eigenvalue weighted by Crippen LogP contribution is -2.30. The zero-order chi connectivity index (χ0) is 51.4. The predicted molar refractivity (Wildman–Crippen MR) is 307 cm³/mol. The van der Waals surface area contributed by atoms with Gasteiger partial charge in [-0.15, -0.1) is 0 Å². The highest BCUT2D eigenvalue weighted by Crippen LogP contribution is 2.15. The summed E-state index contributed by atoms with van der Waals surface area (Å²) in [5.74, 6) is -0.912. The van der Waals surface area contributed by atoms with Crippen LogP contribution in [0.3, 0.4) is 0 Å². The van der Waals surface area contributed by atoms with Crippen LogP contribution < -0.4 is 0 Å². The second kappa shape index (κ2) is 58.9. The molecule has 0 fully saturated rings. The van der Waals surface area contributed by atoms with Gasteiger partial charge in [0.05, 0.1) is 0 Å². The molecule has 0 aromatic carbocycles. The van der Waals surface area contributed by atoms with E-state index in [2.05, 4.69) is 118 Å². The van der Waals surface area contributed by atoms with Crippen LogP contribution in [0.4, 0.5) is 0 Å². The Morgan fingerprint density at radius 2 is 0.549 bits per heavy atom.